The third-order valence-electron chi connectivity index (χ3n) is 7.97. The number of nitrogens with zero attached hydrogens (tertiary/aromatic N) is 2. The fraction of sp³-hybridized carbons (Fsp3) is 0.393. The number of pyridine rings is 1. The second-order valence-electron chi connectivity index (χ2n) is 9.77. The van der Waals surface area contributed by atoms with Gasteiger partial charge in [0.15, 0.2) is 0 Å². The molecule has 34 heavy (non-hydrogen) atoms. The van der Waals surface area contributed by atoms with E-state index in [0.717, 1.165) is 41.7 Å². The number of fused-ring (bicyclic) bond motifs is 4. The number of halogens is 1. The van der Waals surface area contributed by atoms with Crippen LogP contribution in [0.3, 0.4) is 0 Å². The van der Waals surface area contributed by atoms with Crippen LogP contribution < -0.4 is 10.1 Å². The summed E-state index contributed by atoms with van der Waals surface area (Å²) in [5.41, 5.74) is 2.52. The second kappa shape index (κ2) is 9.21. The van der Waals surface area contributed by atoms with Gasteiger partial charge in [-0.15, -0.1) is 6.58 Å². The molecule has 6 heteroatoms. The summed E-state index contributed by atoms with van der Waals surface area (Å²) in [4.78, 5) is 7.24. The fourth-order valence-electron chi connectivity index (χ4n) is 6.01. The maximum Gasteiger partial charge on any atom is 0.120 e. The number of aromatic nitrogens is 1. The van der Waals surface area contributed by atoms with E-state index in [1.807, 2.05) is 24.4 Å². The van der Waals surface area contributed by atoms with Crippen LogP contribution in [0.4, 0.5) is 0 Å². The largest absolute Gasteiger partial charge is 0.508 e. The van der Waals surface area contributed by atoms with E-state index in [2.05, 4.69) is 46.9 Å². The lowest BCUT2D eigenvalue weighted by atomic mass is 9.68. The third-order valence-corrected chi connectivity index (χ3v) is 8.20. The Morgan fingerprint density at radius 2 is 2.15 bits per heavy atom. The SMILES string of the molecule is C=CC1CN2CCC1CC2[C@](C)(NCc1cc(Cl)ccc1O)c1ccnc2ccc(OC)cc12. The molecular formula is C28H32ClN3O2. The topological polar surface area (TPSA) is 57.6 Å². The first-order chi connectivity index (χ1) is 16.4. The monoisotopic (exact) mass is 477 g/mol. The van der Waals surface area contributed by atoms with E-state index < -0.39 is 5.54 Å². The van der Waals surface area contributed by atoms with Gasteiger partial charge < -0.3 is 15.2 Å². The summed E-state index contributed by atoms with van der Waals surface area (Å²) in [6.07, 6.45) is 6.33. The molecule has 0 radical (unpaired) electrons. The first-order valence-corrected chi connectivity index (χ1v) is 12.3. The molecule has 3 fully saturated rings. The molecule has 5 atom stereocenters. The molecule has 0 saturated carbocycles. The lowest BCUT2D eigenvalue weighted by molar-refractivity contribution is -0.0257. The summed E-state index contributed by atoms with van der Waals surface area (Å²) < 4.78 is 5.55. The number of methoxy groups -OCH3 is 1. The van der Waals surface area contributed by atoms with Crippen LogP contribution in [0.2, 0.25) is 5.02 Å². The highest BCUT2D eigenvalue weighted by Gasteiger charge is 2.48. The van der Waals surface area contributed by atoms with Crippen LogP contribution in [0.1, 0.15) is 30.9 Å². The smallest absolute Gasteiger partial charge is 0.120 e. The average molecular weight is 478 g/mol. The maximum atomic E-state index is 10.5. The predicted octanol–water partition coefficient (Wildman–Crippen LogP) is 5.50. The van der Waals surface area contributed by atoms with Crippen molar-refractivity contribution in [2.24, 2.45) is 11.8 Å². The lowest BCUT2D eigenvalue weighted by Crippen LogP contribution is -2.63. The van der Waals surface area contributed by atoms with Gasteiger partial charge in [-0.25, -0.2) is 0 Å². The van der Waals surface area contributed by atoms with Gasteiger partial charge >= 0.3 is 0 Å². The number of aromatic hydroxyl groups is 1. The standard InChI is InChI=1S/C28H32ClN3O2/c1-4-18-17-32-12-10-19(18)14-27(32)28(2,31-16-20-13-21(29)5-8-26(20)33)24-9-11-30-25-7-6-22(34-3)15-23(24)25/h4-9,11,13,15,18-19,27,31,33H,1,10,12,14,16-17H2,2-3H3/t18?,19?,27?,28-/m1/s1. The number of phenolic OH excluding ortho intramolecular Hbond substituents is 1. The Morgan fingerprint density at radius 1 is 1.29 bits per heavy atom. The van der Waals surface area contributed by atoms with Gasteiger partial charge in [-0.3, -0.25) is 9.88 Å². The Hall–Kier alpha value is -2.60. The van der Waals surface area contributed by atoms with Crippen molar-refractivity contribution < 1.29 is 9.84 Å². The number of benzene rings is 2. The first-order valence-electron chi connectivity index (χ1n) is 11.9. The summed E-state index contributed by atoms with van der Waals surface area (Å²) >= 11 is 6.25. The number of ether oxygens (including phenoxy) is 1. The molecule has 5 nitrogen and oxygen atoms in total. The van der Waals surface area contributed by atoms with Crippen molar-refractivity contribution in [1.29, 1.82) is 0 Å². The van der Waals surface area contributed by atoms with Gasteiger partial charge in [0.2, 0.25) is 0 Å². The molecule has 6 rings (SSSR count). The normalized spacial score (nSPS) is 25.7. The zero-order chi connectivity index (χ0) is 23.9. The molecule has 4 heterocycles. The molecule has 2 aromatic carbocycles. The van der Waals surface area contributed by atoms with Gasteiger partial charge in [0.1, 0.15) is 11.5 Å². The predicted molar refractivity (Wildman–Crippen MR) is 137 cm³/mol. The van der Waals surface area contributed by atoms with E-state index in [-0.39, 0.29) is 5.75 Å². The number of nitrogens with one attached hydrogen (secondary N) is 1. The number of phenols is 1. The minimum Gasteiger partial charge on any atom is -0.508 e. The molecule has 4 unspecified atom stereocenters. The van der Waals surface area contributed by atoms with E-state index in [4.69, 9.17) is 16.3 Å². The van der Waals surface area contributed by atoms with Gasteiger partial charge in [0.25, 0.3) is 0 Å². The van der Waals surface area contributed by atoms with Crippen molar-refractivity contribution >= 4 is 22.5 Å². The van der Waals surface area contributed by atoms with Crippen LogP contribution in [-0.2, 0) is 12.1 Å². The molecule has 3 aliphatic rings. The van der Waals surface area contributed by atoms with Crippen molar-refractivity contribution in [3.63, 3.8) is 0 Å². The molecule has 3 aliphatic heterocycles. The summed E-state index contributed by atoms with van der Waals surface area (Å²) in [6, 6.07) is 13.7. The molecule has 1 aromatic heterocycles. The number of hydrogen-bond acceptors (Lipinski definition) is 5. The van der Waals surface area contributed by atoms with Crippen LogP contribution in [0.25, 0.3) is 10.9 Å². The van der Waals surface area contributed by atoms with E-state index in [1.54, 1.807) is 19.2 Å². The van der Waals surface area contributed by atoms with Crippen molar-refractivity contribution in [3.8, 4) is 11.5 Å². The van der Waals surface area contributed by atoms with E-state index in [0.29, 0.717) is 29.4 Å². The molecule has 0 amide bonds. The maximum absolute atomic E-state index is 10.5. The Labute approximate surface area is 206 Å². The number of rotatable bonds is 7. The van der Waals surface area contributed by atoms with Gasteiger partial charge in [-0.1, -0.05) is 17.7 Å². The van der Waals surface area contributed by atoms with Crippen LogP contribution in [-0.4, -0.2) is 41.2 Å². The van der Waals surface area contributed by atoms with E-state index in [1.165, 1.54) is 12.0 Å². The highest BCUT2D eigenvalue weighted by molar-refractivity contribution is 6.30. The van der Waals surface area contributed by atoms with E-state index >= 15 is 0 Å². The van der Waals surface area contributed by atoms with Crippen molar-refractivity contribution in [2.45, 2.75) is 37.9 Å². The van der Waals surface area contributed by atoms with Gasteiger partial charge in [0, 0.05) is 41.3 Å². The van der Waals surface area contributed by atoms with Crippen molar-refractivity contribution in [1.82, 2.24) is 15.2 Å². The van der Waals surface area contributed by atoms with Gasteiger partial charge in [0.05, 0.1) is 18.2 Å². The summed E-state index contributed by atoms with van der Waals surface area (Å²) in [6.45, 7) is 9.00. The number of piperidine rings is 3. The van der Waals surface area contributed by atoms with Crippen LogP contribution >= 0.6 is 11.6 Å². The quantitative estimate of drug-likeness (QED) is 0.440. The highest BCUT2D eigenvalue weighted by atomic mass is 35.5. The number of hydrogen-bond donors (Lipinski definition) is 2. The molecule has 3 saturated heterocycles. The van der Waals surface area contributed by atoms with Crippen LogP contribution in [0, 0.1) is 11.8 Å². The molecule has 3 aromatic rings. The van der Waals surface area contributed by atoms with Crippen molar-refractivity contribution in [2.75, 3.05) is 20.2 Å². The van der Waals surface area contributed by atoms with Gasteiger partial charge in [-0.05, 0) is 86.2 Å². The molecule has 178 valence electrons. The molecule has 2 N–H and O–H groups in total. The summed E-state index contributed by atoms with van der Waals surface area (Å²) in [7, 11) is 1.69. The molecule has 2 bridgehead atoms. The Morgan fingerprint density at radius 3 is 2.88 bits per heavy atom. The Bertz CT molecular complexity index is 1220. The second-order valence-corrected chi connectivity index (χ2v) is 10.2. The fourth-order valence-corrected chi connectivity index (χ4v) is 6.20. The first kappa shape index (κ1) is 23.2. The Kier molecular flexibility index (Phi) is 6.28. The lowest BCUT2D eigenvalue weighted by Gasteiger charge is -2.55. The molecule has 0 spiro atoms. The third kappa shape index (κ3) is 4.06. The molecule has 0 aliphatic carbocycles. The zero-order valence-electron chi connectivity index (χ0n) is 19.8. The minimum absolute atomic E-state index is 0.248. The summed E-state index contributed by atoms with van der Waals surface area (Å²) in [5.74, 6) is 2.24. The summed E-state index contributed by atoms with van der Waals surface area (Å²) in [5, 5.41) is 16.0. The van der Waals surface area contributed by atoms with E-state index in [9.17, 15) is 5.11 Å². The minimum atomic E-state index is -0.396. The van der Waals surface area contributed by atoms with Crippen molar-refractivity contribution in [3.05, 3.63) is 77.5 Å². The van der Waals surface area contributed by atoms with Crippen LogP contribution in [0.15, 0.2) is 61.3 Å². The Balaban J connectivity index is 1.60. The van der Waals surface area contributed by atoms with Crippen LogP contribution in [0.5, 0.6) is 11.5 Å². The molecular weight excluding hydrogens is 446 g/mol. The average Bonchev–Trinajstić information content (AvgIpc) is 2.88. The van der Waals surface area contributed by atoms with Gasteiger partial charge in [-0.2, -0.15) is 0 Å². The highest BCUT2D eigenvalue weighted by Crippen LogP contribution is 2.45. The zero-order valence-corrected chi connectivity index (χ0v) is 20.6.